The highest BCUT2D eigenvalue weighted by molar-refractivity contribution is 7.10. The van der Waals surface area contributed by atoms with E-state index >= 15 is 0 Å². The van der Waals surface area contributed by atoms with Gasteiger partial charge < -0.3 is 24.7 Å². The summed E-state index contributed by atoms with van der Waals surface area (Å²) in [6.45, 7) is 0.997. The molecule has 1 fully saturated rings. The Balaban J connectivity index is 1.17. The number of nitrogens with zero attached hydrogens (tertiary/aromatic N) is 1. The molecule has 1 saturated heterocycles. The normalized spacial score (nSPS) is 17.9. The molecule has 2 aromatic heterocycles. The Kier molecular flexibility index (Phi) is 5.22. The number of H-pyrrole nitrogens is 1. The molecule has 0 bridgehead atoms. The van der Waals surface area contributed by atoms with Gasteiger partial charge in [-0.3, -0.25) is 9.59 Å². The Morgan fingerprint density at radius 1 is 1.15 bits per heavy atom. The summed E-state index contributed by atoms with van der Waals surface area (Å²) in [6.07, 6.45) is 2.22. The molecule has 2 atom stereocenters. The summed E-state index contributed by atoms with van der Waals surface area (Å²) >= 11 is 1.68. The van der Waals surface area contributed by atoms with Crippen LogP contribution in [0.25, 0.3) is 10.9 Å². The average molecular weight is 474 g/mol. The Labute approximate surface area is 200 Å². The zero-order chi connectivity index (χ0) is 23.1. The smallest absolute Gasteiger partial charge is 0.231 e. The second-order valence-electron chi connectivity index (χ2n) is 8.55. The fraction of sp³-hybridized carbons (Fsp3) is 0.231. The van der Waals surface area contributed by atoms with Crippen LogP contribution in [-0.2, 0) is 9.59 Å². The van der Waals surface area contributed by atoms with E-state index < -0.39 is 5.92 Å². The minimum atomic E-state index is -0.398. The maximum Gasteiger partial charge on any atom is 0.231 e. The van der Waals surface area contributed by atoms with Gasteiger partial charge in [0, 0.05) is 59.2 Å². The van der Waals surface area contributed by atoms with E-state index in [0.29, 0.717) is 24.6 Å². The van der Waals surface area contributed by atoms with E-state index in [-0.39, 0.29) is 30.9 Å². The molecule has 34 heavy (non-hydrogen) atoms. The highest BCUT2D eigenvalue weighted by atomic mass is 32.1. The number of aromatic nitrogens is 1. The van der Waals surface area contributed by atoms with Crippen LogP contribution in [0.5, 0.6) is 11.5 Å². The lowest BCUT2D eigenvalue weighted by Crippen LogP contribution is -2.35. The van der Waals surface area contributed by atoms with Crippen molar-refractivity contribution in [3.05, 3.63) is 76.6 Å². The molecule has 4 heterocycles. The standard InChI is InChI=1S/C26H23N3O4S/c30-25-10-16(14-29(25)17-7-8-22-23(11-17)33-15-32-22)26(31)28-13-20(24-6-3-9-34-24)19-12-27-21-5-2-1-4-18(19)21/h1-9,11-12,16,20,27H,10,13-15H2,(H,28,31). The molecule has 0 aliphatic carbocycles. The molecule has 2 aliphatic rings. The number of anilines is 1. The van der Waals surface area contributed by atoms with E-state index in [1.165, 1.54) is 4.88 Å². The summed E-state index contributed by atoms with van der Waals surface area (Å²) < 4.78 is 10.8. The Morgan fingerprint density at radius 3 is 2.91 bits per heavy atom. The topological polar surface area (TPSA) is 83.7 Å². The van der Waals surface area contributed by atoms with Gasteiger partial charge in [0.05, 0.1) is 5.92 Å². The largest absolute Gasteiger partial charge is 0.454 e. The van der Waals surface area contributed by atoms with E-state index in [0.717, 1.165) is 22.2 Å². The van der Waals surface area contributed by atoms with E-state index in [9.17, 15) is 9.59 Å². The Bertz CT molecular complexity index is 1360. The molecule has 2 N–H and O–H groups in total. The van der Waals surface area contributed by atoms with Gasteiger partial charge in [0.2, 0.25) is 18.6 Å². The van der Waals surface area contributed by atoms with Gasteiger partial charge in [0.1, 0.15) is 0 Å². The predicted octanol–water partition coefficient (Wildman–Crippen LogP) is 4.26. The van der Waals surface area contributed by atoms with Crippen LogP contribution < -0.4 is 19.7 Å². The number of nitrogens with one attached hydrogen (secondary N) is 2. The van der Waals surface area contributed by atoms with Gasteiger partial charge in [-0.15, -0.1) is 11.3 Å². The van der Waals surface area contributed by atoms with Gasteiger partial charge >= 0.3 is 0 Å². The number of carbonyl (C=O) groups excluding carboxylic acids is 2. The number of rotatable bonds is 6. The first-order chi connectivity index (χ1) is 16.7. The van der Waals surface area contributed by atoms with Crippen LogP contribution in [0.2, 0.25) is 0 Å². The molecule has 172 valence electrons. The van der Waals surface area contributed by atoms with E-state index in [1.54, 1.807) is 28.4 Å². The van der Waals surface area contributed by atoms with E-state index in [2.05, 4.69) is 33.9 Å². The van der Waals surface area contributed by atoms with Crippen molar-refractivity contribution >= 4 is 39.7 Å². The van der Waals surface area contributed by atoms with E-state index in [4.69, 9.17) is 9.47 Å². The van der Waals surface area contributed by atoms with Crippen molar-refractivity contribution in [3.8, 4) is 11.5 Å². The number of ether oxygens (including phenoxy) is 2. The van der Waals surface area contributed by atoms with Gasteiger partial charge in [0.15, 0.2) is 11.5 Å². The quantitative estimate of drug-likeness (QED) is 0.438. The fourth-order valence-corrected chi connectivity index (χ4v) is 5.61. The van der Waals surface area contributed by atoms with Crippen molar-refractivity contribution in [2.45, 2.75) is 12.3 Å². The lowest BCUT2D eigenvalue weighted by Gasteiger charge is -2.19. The number of carbonyl (C=O) groups is 2. The monoisotopic (exact) mass is 473 g/mol. The van der Waals surface area contributed by atoms with Gasteiger partial charge in [-0.1, -0.05) is 24.3 Å². The van der Waals surface area contributed by atoms with Crippen LogP contribution >= 0.6 is 11.3 Å². The Hall–Kier alpha value is -3.78. The number of thiophene rings is 1. The minimum Gasteiger partial charge on any atom is -0.454 e. The number of hydrogen-bond donors (Lipinski definition) is 2. The number of para-hydroxylation sites is 1. The molecular formula is C26H23N3O4S. The zero-order valence-corrected chi connectivity index (χ0v) is 19.1. The SMILES string of the molecule is O=C(NCC(c1cccs1)c1c[nH]c2ccccc12)C1CC(=O)N(c2ccc3c(c2)OCO3)C1. The van der Waals surface area contributed by atoms with Crippen LogP contribution in [0.4, 0.5) is 5.69 Å². The number of aromatic amines is 1. The molecule has 8 heteroatoms. The Morgan fingerprint density at radius 2 is 2.03 bits per heavy atom. The minimum absolute atomic E-state index is 0.0298. The van der Waals surface area contributed by atoms with Crippen LogP contribution in [0.3, 0.4) is 0 Å². The summed E-state index contributed by atoms with van der Waals surface area (Å²) in [5.74, 6) is 0.757. The van der Waals surface area contributed by atoms with Crippen molar-refractivity contribution < 1.29 is 19.1 Å². The van der Waals surface area contributed by atoms with Crippen molar-refractivity contribution in [1.82, 2.24) is 10.3 Å². The van der Waals surface area contributed by atoms with Gasteiger partial charge in [0.25, 0.3) is 0 Å². The molecule has 2 amide bonds. The lowest BCUT2D eigenvalue weighted by molar-refractivity contribution is -0.126. The molecule has 0 spiro atoms. The summed E-state index contributed by atoms with van der Waals surface area (Å²) in [4.78, 5) is 32.0. The third kappa shape index (κ3) is 3.70. The second-order valence-corrected chi connectivity index (χ2v) is 9.52. The first kappa shape index (κ1) is 20.8. The van der Waals surface area contributed by atoms with Gasteiger partial charge in [-0.05, 0) is 35.2 Å². The van der Waals surface area contributed by atoms with Crippen molar-refractivity contribution in [1.29, 1.82) is 0 Å². The molecule has 7 nitrogen and oxygen atoms in total. The summed E-state index contributed by atoms with van der Waals surface area (Å²) in [5.41, 5.74) is 2.95. The number of fused-ring (bicyclic) bond motifs is 2. The molecule has 0 radical (unpaired) electrons. The third-order valence-electron chi connectivity index (χ3n) is 6.53. The van der Waals surface area contributed by atoms with Crippen molar-refractivity contribution in [3.63, 3.8) is 0 Å². The fourth-order valence-electron chi connectivity index (χ4n) is 4.77. The number of hydrogen-bond acceptors (Lipinski definition) is 5. The zero-order valence-electron chi connectivity index (χ0n) is 18.3. The van der Waals surface area contributed by atoms with Crippen LogP contribution in [0.15, 0.2) is 66.2 Å². The maximum absolute atomic E-state index is 13.1. The van der Waals surface area contributed by atoms with Crippen LogP contribution in [0.1, 0.15) is 22.8 Å². The predicted molar refractivity (Wildman–Crippen MR) is 130 cm³/mol. The summed E-state index contributed by atoms with van der Waals surface area (Å²) in [5, 5.41) is 6.34. The molecule has 2 aliphatic heterocycles. The molecule has 2 unspecified atom stereocenters. The van der Waals surface area contributed by atoms with E-state index in [1.807, 2.05) is 30.5 Å². The van der Waals surface area contributed by atoms with Gasteiger partial charge in [-0.2, -0.15) is 0 Å². The third-order valence-corrected chi connectivity index (χ3v) is 7.51. The van der Waals surface area contributed by atoms with Crippen LogP contribution in [0, 0.1) is 5.92 Å². The molecule has 4 aromatic rings. The molecule has 0 saturated carbocycles. The molecule has 2 aromatic carbocycles. The highest BCUT2D eigenvalue weighted by Gasteiger charge is 2.36. The van der Waals surface area contributed by atoms with Crippen molar-refractivity contribution in [2.24, 2.45) is 5.92 Å². The first-order valence-corrected chi connectivity index (χ1v) is 12.1. The summed E-state index contributed by atoms with van der Waals surface area (Å²) in [7, 11) is 0. The molecule has 6 rings (SSSR count). The van der Waals surface area contributed by atoms with Crippen molar-refractivity contribution in [2.75, 3.05) is 24.8 Å². The summed E-state index contributed by atoms with van der Waals surface area (Å²) in [6, 6.07) is 17.7. The average Bonchev–Trinajstić information content (AvgIpc) is 3.65. The highest BCUT2D eigenvalue weighted by Crippen LogP contribution is 2.37. The van der Waals surface area contributed by atoms with Gasteiger partial charge in [-0.25, -0.2) is 0 Å². The number of amides is 2. The molecular weight excluding hydrogens is 450 g/mol. The van der Waals surface area contributed by atoms with Crippen LogP contribution in [-0.4, -0.2) is 36.7 Å². The maximum atomic E-state index is 13.1. The first-order valence-electron chi connectivity index (χ1n) is 11.2. The number of benzene rings is 2. The second kappa shape index (κ2) is 8.53. The lowest BCUT2D eigenvalue weighted by atomic mass is 9.96.